The second kappa shape index (κ2) is 44.3. The molecule has 24 heteroatoms. The van der Waals surface area contributed by atoms with Crippen molar-refractivity contribution < 1.29 is 81.2 Å². The molecule has 0 saturated heterocycles. The summed E-state index contributed by atoms with van der Waals surface area (Å²) in [6.45, 7) is 26.1. The highest BCUT2D eigenvalue weighted by Crippen LogP contribution is 2.44. The van der Waals surface area contributed by atoms with Crippen molar-refractivity contribution in [2.24, 2.45) is 23.7 Å². The van der Waals surface area contributed by atoms with Crippen LogP contribution in [-0.2, 0) is 71.7 Å². The van der Waals surface area contributed by atoms with Gasteiger partial charge in [-0.3, -0.25) is 38.4 Å². The van der Waals surface area contributed by atoms with Crippen LogP contribution < -0.4 is 46.7 Å². The highest BCUT2D eigenvalue weighted by molar-refractivity contribution is 6.33. The molecule has 0 aromatic heterocycles. The fourth-order valence-electron chi connectivity index (χ4n) is 13.0. The molecule has 0 fully saturated rings. The first-order valence-corrected chi connectivity index (χ1v) is 38.9. The van der Waals surface area contributed by atoms with E-state index >= 15 is 0 Å². The van der Waals surface area contributed by atoms with Crippen LogP contribution in [0.2, 0.25) is 0 Å². The average Bonchev–Trinajstić information content (AvgIpc) is 1.62. The molecule has 0 aliphatic heterocycles. The Morgan fingerprint density at radius 1 is 0.459 bits per heavy atom. The second-order valence-corrected chi connectivity index (χ2v) is 31.7. The van der Waals surface area contributed by atoms with Gasteiger partial charge in [-0.2, -0.15) is 0 Å². The number of unbranched alkanes of at least 4 members (excludes halogenated alkanes) is 8. The first kappa shape index (κ1) is 90.3. The number of nitrogens with one attached hydrogen (secondary N) is 7. The van der Waals surface area contributed by atoms with Gasteiger partial charge in [-0.1, -0.05) is 193 Å². The van der Waals surface area contributed by atoms with Crippen molar-refractivity contribution in [3.05, 3.63) is 119 Å². The van der Waals surface area contributed by atoms with Crippen LogP contribution >= 0.6 is 0 Å². The predicted octanol–water partition coefficient (Wildman–Crippen LogP) is 12.0. The molecule has 0 bridgehead atoms. The number of fused-ring (bicyclic) bond motifs is 3. The summed E-state index contributed by atoms with van der Waals surface area (Å²) >= 11 is 0. The average molecular weight is 1510 g/mol. The molecule has 1 aliphatic rings. The number of ether oxygens (including phenoxy) is 6. The van der Waals surface area contributed by atoms with Crippen molar-refractivity contribution >= 4 is 65.2 Å². The summed E-state index contributed by atoms with van der Waals surface area (Å²) in [6.07, 6.45) is 6.64. The maximum Gasteiger partial charge on any atom is 0.396 e. The zero-order chi connectivity index (χ0) is 80.7. The third-order valence-electron chi connectivity index (χ3n) is 18.8. The van der Waals surface area contributed by atoms with Gasteiger partial charge in [0.15, 0.2) is 0 Å². The summed E-state index contributed by atoms with van der Waals surface area (Å²) < 4.78 is 34.1. The lowest BCUT2D eigenvalue weighted by molar-refractivity contribution is -0.159. The van der Waals surface area contributed by atoms with Crippen LogP contribution in [0, 0.1) is 23.7 Å². The third kappa shape index (κ3) is 30.6. The molecule has 5 rings (SSSR count). The van der Waals surface area contributed by atoms with Crippen LogP contribution in [0.5, 0.6) is 11.5 Å². The number of esters is 4. The van der Waals surface area contributed by atoms with Crippen molar-refractivity contribution in [3.8, 4) is 22.6 Å². The van der Waals surface area contributed by atoms with E-state index < -0.39 is 150 Å². The molecule has 0 heterocycles. The van der Waals surface area contributed by atoms with E-state index in [9.17, 15) is 52.7 Å². The highest BCUT2D eigenvalue weighted by Gasteiger charge is 2.39. The zero-order valence-electron chi connectivity index (χ0n) is 67.4. The number of carbonyl (C=O) groups is 11. The maximum atomic E-state index is 14.9. The van der Waals surface area contributed by atoms with Crippen molar-refractivity contribution in [3.63, 3.8) is 0 Å². The van der Waals surface area contributed by atoms with Gasteiger partial charge < -0.3 is 65.6 Å². The predicted molar refractivity (Wildman–Crippen MR) is 417 cm³/mol. The molecule has 4 aromatic rings. The van der Waals surface area contributed by atoms with Gasteiger partial charge in [-0.25, -0.2) is 14.4 Å². The third-order valence-corrected chi connectivity index (χ3v) is 18.8. The lowest BCUT2D eigenvalue weighted by Gasteiger charge is -2.30. The fourth-order valence-corrected chi connectivity index (χ4v) is 13.0. The summed E-state index contributed by atoms with van der Waals surface area (Å²) in [6, 6.07) is 20.7. The van der Waals surface area contributed by atoms with Crippen LogP contribution in [-0.4, -0.2) is 140 Å². The first-order chi connectivity index (χ1) is 51.5. The van der Waals surface area contributed by atoms with E-state index in [0.29, 0.717) is 24.3 Å². The summed E-state index contributed by atoms with van der Waals surface area (Å²) in [4.78, 5) is 157. The van der Waals surface area contributed by atoms with Crippen LogP contribution in [0.1, 0.15) is 247 Å². The molecule has 1 aliphatic carbocycles. The van der Waals surface area contributed by atoms with Crippen molar-refractivity contribution in [1.82, 2.24) is 37.2 Å². The summed E-state index contributed by atoms with van der Waals surface area (Å²) in [5.74, 6) is -10.4. The lowest BCUT2D eigenvalue weighted by atomic mass is 9.97. The van der Waals surface area contributed by atoms with E-state index in [4.69, 9.17) is 28.4 Å². The van der Waals surface area contributed by atoms with E-state index in [1.165, 1.54) is 0 Å². The molecule has 24 nitrogen and oxygen atoms in total. The van der Waals surface area contributed by atoms with E-state index in [0.717, 1.165) is 84.7 Å². The molecule has 0 spiro atoms. The van der Waals surface area contributed by atoms with Gasteiger partial charge in [0.05, 0.1) is 33.1 Å². The molecular weight excluding hydrogens is 1390 g/mol. The smallest absolute Gasteiger partial charge is 0.396 e. The van der Waals surface area contributed by atoms with Crippen molar-refractivity contribution in [2.75, 3.05) is 20.8 Å². The molecule has 7 N–H and O–H groups in total. The summed E-state index contributed by atoms with van der Waals surface area (Å²) in [5, 5.41) is 19.3. The molecule has 600 valence electrons. The standard InChI is InChI=1S/C85H123N7O17/c1-18-20-21-22-23-24-25-26-27-32-60(49-71(94)86-66(76(96)89-69(48-53(5)6)81(101)109-85(13,14)15)45-46-70(93)90-75(56-37-41-58(104-16)42-38-56)57-39-43-59(105-17)44-40-57)107-82(102)74(55(9)19-2)92-78(98)67(47-52(3)4)87-77(97)68(50-72(95)108-84(10,11)12)88-79(99)73(54(7)8)91-80(100)83(103)106-51-65-63-35-30-28-33-61(63)62-34-29-31-36-64(62)65/h28-31,33-44,52-55,60,65-69,73-75H,18-27,32,45-51H2,1-17H3,(H,86,94)(H,87,97)(H,88,99)(H,89,96)(H,90,93)(H,91,100)(H,92,98)/t55-,60?,66-,67+,68-,69-,73-,74-/m0/s1. The quantitative estimate of drug-likeness (QED) is 0.00936. The Morgan fingerprint density at radius 2 is 0.945 bits per heavy atom. The monoisotopic (exact) mass is 1510 g/mol. The molecule has 1 unspecified atom stereocenters. The molecule has 0 saturated carbocycles. The minimum Gasteiger partial charge on any atom is -0.497 e. The summed E-state index contributed by atoms with van der Waals surface area (Å²) in [5.41, 5.74) is 3.32. The normalized spacial score (nSPS) is 14.2. The van der Waals surface area contributed by atoms with E-state index in [2.05, 4.69) is 44.1 Å². The number of hydrogen-bond acceptors (Lipinski definition) is 17. The van der Waals surface area contributed by atoms with Gasteiger partial charge in [0.1, 0.15) is 71.7 Å². The van der Waals surface area contributed by atoms with Gasteiger partial charge >= 0.3 is 29.8 Å². The Labute approximate surface area is 645 Å². The van der Waals surface area contributed by atoms with Crippen molar-refractivity contribution in [2.45, 2.75) is 279 Å². The van der Waals surface area contributed by atoms with Crippen LogP contribution in [0.15, 0.2) is 97.1 Å². The van der Waals surface area contributed by atoms with Crippen LogP contribution in [0.3, 0.4) is 0 Å². The molecule has 7 amide bonds. The second-order valence-electron chi connectivity index (χ2n) is 31.7. The van der Waals surface area contributed by atoms with Gasteiger partial charge in [0.25, 0.3) is 0 Å². The number of hydrogen-bond donors (Lipinski definition) is 7. The van der Waals surface area contributed by atoms with E-state index in [-0.39, 0.29) is 56.5 Å². The minimum absolute atomic E-state index is 0.00250. The van der Waals surface area contributed by atoms with Gasteiger partial charge in [0, 0.05) is 12.3 Å². The van der Waals surface area contributed by atoms with Gasteiger partial charge in [-0.05, 0) is 155 Å². The van der Waals surface area contributed by atoms with E-state index in [1.807, 2.05) is 93.6 Å². The Morgan fingerprint density at radius 3 is 1.45 bits per heavy atom. The molecule has 0 radical (unpaired) electrons. The lowest BCUT2D eigenvalue weighted by Crippen LogP contribution is -2.60. The Kier molecular flexibility index (Phi) is 36.7. The van der Waals surface area contributed by atoms with Crippen LogP contribution in [0.25, 0.3) is 11.1 Å². The highest BCUT2D eigenvalue weighted by atomic mass is 16.6. The SMILES string of the molecule is CCCCCCCCCCCC(CC(=O)N[C@@H](CCC(=O)NC(c1ccc(OC)cc1)c1ccc(OC)cc1)C(=O)N[C@@H](CC(C)C)C(=O)OC(C)(C)C)OC(=O)[C@@H](NC(=O)[C@@H](CC(C)C)NC(=O)[C@H](CC(=O)OC(C)(C)C)NC(=O)[C@@H](NC(=O)C(=O)OCC1c2ccccc2-c2ccccc21)C(C)C)[C@@H](C)CC. The number of rotatable bonds is 44. The van der Waals surface area contributed by atoms with Crippen LogP contribution in [0.4, 0.5) is 0 Å². The number of benzene rings is 4. The molecule has 4 aromatic carbocycles. The number of methoxy groups -OCH3 is 2. The molecular formula is C85H123N7O17. The Balaban J connectivity index is 1.40. The molecule has 8 atom stereocenters. The topological polar surface area (TPSA) is 327 Å². The van der Waals surface area contributed by atoms with Gasteiger partial charge in [-0.15, -0.1) is 0 Å². The fraction of sp³-hybridized carbons (Fsp3) is 0.588. The zero-order valence-corrected chi connectivity index (χ0v) is 67.4. The van der Waals surface area contributed by atoms with E-state index in [1.54, 1.807) is 115 Å². The number of amides is 7. The molecule has 109 heavy (non-hydrogen) atoms. The first-order valence-electron chi connectivity index (χ1n) is 38.9. The largest absolute Gasteiger partial charge is 0.497 e. The van der Waals surface area contributed by atoms with Crippen molar-refractivity contribution in [1.29, 1.82) is 0 Å². The van der Waals surface area contributed by atoms with Gasteiger partial charge in [0.2, 0.25) is 35.4 Å². The Bertz CT molecular complexity index is 3540. The maximum absolute atomic E-state index is 14.9. The number of carbonyl (C=O) groups excluding carboxylic acids is 11. The Hall–Kier alpha value is -9.35. The minimum atomic E-state index is -1.71. The summed E-state index contributed by atoms with van der Waals surface area (Å²) in [7, 11) is 3.10.